The van der Waals surface area contributed by atoms with Crippen molar-refractivity contribution in [1.82, 2.24) is 0 Å². The monoisotopic (exact) mass is 797 g/mol. The van der Waals surface area contributed by atoms with E-state index in [4.69, 9.17) is 9.47 Å². The maximum absolute atomic E-state index is 13.0. The van der Waals surface area contributed by atoms with E-state index in [2.05, 4.69) is 38.2 Å². The molecule has 0 saturated heterocycles. The molecule has 0 saturated carbocycles. The molecule has 9 heteroatoms. The van der Waals surface area contributed by atoms with Crippen molar-refractivity contribution >= 4 is 22.1 Å². The van der Waals surface area contributed by atoms with Gasteiger partial charge < -0.3 is 14.0 Å². The molecular weight excluding hydrogens is 720 g/mol. The Bertz CT molecular complexity index is 1240. The third kappa shape index (κ3) is 30.3. The van der Waals surface area contributed by atoms with Crippen LogP contribution in [0, 0.1) is 0 Å². The zero-order chi connectivity index (χ0) is 39.4. The van der Waals surface area contributed by atoms with Crippen LogP contribution in [0.2, 0.25) is 0 Å². The fraction of sp³-hybridized carbons (Fsp3) is 0.739. The maximum atomic E-state index is 13.0. The molecule has 1 aromatic rings. The Labute approximate surface area is 359 Å². The number of hydrogen-bond donors (Lipinski definition) is 0. The normalized spacial score (nSPS) is 11.7. The fourth-order valence-corrected chi connectivity index (χ4v) is 7.31. The molecule has 0 N–H and O–H groups in total. The molecule has 1 aromatic carbocycles. The van der Waals surface area contributed by atoms with Crippen LogP contribution in [0.15, 0.2) is 47.4 Å². The molecule has 310 valence electrons. The number of carbonyl (C=O) groups excluding carboxylic acids is 2. The molecule has 0 unspecified atom stereocenters. The van der Waals surface area contributed by atoms with Crippen molar-refractivity contribution in [3.63, 3.8) is 0 Å². The van der Waals surface area contributed by atoms with E-state index < -0.39 is 32.5 Å². The van der Waals surface area contributed by atoms with Gasteiger partial charge in [-0.05, 0) is 63.5 Å². The summed E-state index contributed by atoms with van der Waals surface area (Å²) in [5.74, 6) is -1.81. The molecule has 0 aromatic heterocycles. The number of allylic oxidation sites excluding steroid dienone is 4. The molecule has 1 rings (SSSR count). The zero-order valence-electron chi connectivity index (χ0n) is 35.4. The largest absolute Gasteiger partial charge is 1.00 e. The van der Waals surface area contributed by atoms with Gasteiger partial charge in [0.05, 0.1) is 29.2 Å². The molecule has 55 heavy (non-hydrogen) atoms. The standard InChI is InChI=1S/C46H78O7S.Na/c1-3-5-7-9-11-13-15-17-19-21-23-25-27-29-31-33-35-40-52-45(47)42-38-37-39-43(54(49,50)51)44(42)46(48)53-41-36-34-32-30-28-26-24-22-20-18-16-14-12-10-8-6-4-2;/h9-12,37-39H,3-8,13-36,40-41H2,1-2H3,(H,49,50,51);/q;+1/p-1/b11-9+,12-10+;. The smallest absolute Gasteiger partial charge is 0.744 e. The molecule has 0 aliphatic heterocycles. The molecule has 0 atom stereocenters. The third-order valence-electron chi connectivity index (χ3n) is 10.00. The van der Waals surface area contributed by atoms with E-state index in [1.807, 2.05) is 0 Å². The Morgan fingerprint density at radius 1 is 0.509 bits per heavy atom. The summed E-state index contributed by atoms with van der Waals surface area (Å²) >= 11 is 0. The molecule has 0 spiro atoms. The summed E-state index contributed by atoms with van der Waals surface area (Å²) in [5, 5.41) is 0. The molecule has 0 amide bonds. The summed E-state index contributed by atoms with van der Waals surface area (Å²) in [4.78, 5) is 25.2. The number of ether oxygens (including phenoxy) is 2. The van der Waals surface area contributed by atoms with Gasteiger partial charge in [-0.3, -0.25) is 0 Å². The van der Waals surface area contributed by atoms with Gasteiger partial charge in [-0.25, -0.2) is 18.0 Å². The van der Waals surface area contributed by atoms with Crippen LogP contribution in [0.1, 0.15) is 227 Å². The predicted molar refractivity (Wildman–Crippen MR) is 223 cm³/mol. The quantitative estimate of drug-likeness (QED) is 0.0217. The average molecular weight is 797 g/mol. The predicted octanol–water partition coefficient (Wildman–Crippen LogP) is 10.8. The summed E-state index contributed by atoms with van der Waals surface area (Å²) in [6.45, 7) is 4.70. The second-order valence-corrected chi connectivity index (χ2v) is 16.3. The molecule has 7 nitrogen and oxygen atoms in total. The van der Waals surface area contributed by atoms with E-state index in [0.29, 0.717) is 12.8 Å². The van der Waals surface area contributed by atoms with Gasteiger partial charge in [-0.1, -0.05) is 185 Å². The van der Waals surface area contributed by atoms with Crippen LogP contribution < -0.4 is 29.6 Å². The summed E-state index contributed by atoms with van der Waals surface area (Å²) in [6.07, 6.45) is 44.6. The van der Waals surface area contributed by atoms with Crippen molar-refractivity contribution in [3.05, 3.63) is 53.6 Å². The molecule has 0 aliphatic carbocycles. The van der Waals surface area contributed by atoms with Crippen LogP contribution in [0.25, 0.3) is 0 Å². The Morgan fingerprint density at radius 2 is 0.836 bits per heavy atom. The van der Waals surface area contributed by atoms with Gasteiger partial charge in [-0.2, -0.15) is 0 Å². The Hall–Kier alpha value is -1.45. The Morgan fingerprint density at radius 3 is 1.20 bits per heavy atom. The Balaban J connectivity index is 0.0000292. The number of esters is 2. The Kier molecular flexibility index (Phi) is 37.1. The summed E-state index contributed by atoms with van der Waals surface area (Å²) in [5.41, 5.74) is -0.778. The minimum atomic E-state index is -5.01. The van der Waals surface area contributed by atoms with Crippen molar-refractivity contribution in [2.45, 2.75) is 211 Å². The number of carbonyl (C=O) groups is 2. The van der Waals surface area contributed by atoms with Gasteiger partial charge in [0.15, 0.2) is 0 Å². The second-order valence-electron chi connectivity index (χ2n) is 15.0. The maximum Gasteiger partial charge on any atom is 1.00 e. The average Bonchev–Trinajstić information content (AvgIpc) is 3.16. The van der Waals surface area contributed by atoms with Crippen LogP contribution in [0.4, 0.5) is 0 Å². The van der Waals surface area contributed by atoms with Crippen LogP contribution in [0.3, 0.4) is 0 Å². The van der Waals surface area contributed by atoms with E-state index in [9.17, 15) is 22.6 Å². The first-order valence-electron chi connectivity index (χ1n) is 22.1. The summed E-state index contributed by atoms with van der Waals surface area (Å²) < 4.78 is 46.7. The number of benzene rings is 1. The van der Waals surface area contributed by atoms with Crippen LogP contribution in [-0.2, 0) is 19.6 Å². The van der Waals surface area contributed by atoms with Gasteiger partial charge in [-0.15, -0.1) is 0 Å². The minimum Gasteiger partial charge on any atom is -0.744 e. The van der Waals surface area contributed by atoms with Crippen molar-refractivity contribution in [1.29, 1.82) is 0 Å². The first kappa shape index (κ1) is 53.6. The molecule has 0 aliphatic rings. The molecule has 0 bridgehead atoms. The van der Waals surface area contributed by atoms with Crippen LogP contribution >= 0.6 is 0 Å². The van der Waals surface area contributed by atoms with E-state index in [1.54, 1.807) is 0 Å². The number of unbranched alkanes of at least 4 members (excludes halogenated alkanes) is 26. The molecule has 0 heterocycles. The van der Waals surface area contributed by atoms with Crippen molar-refractivity contribution in [2.24, 2.45) is 0 Å². The summed E-state index contributed by atoms with van der Waals surface area (Å²) in [7, 11) is -5.01. The molecule has 0 radical (unpaired) electrons. The van der Waals surface area contributed by atoms with Crippen LogP contribution in [0.5, 0.6) is 0 Å². The van der Waals surface area contributed by atoms with E-state index in [-0.39, 0.29) is 48.3 Å². The zero-order valence-corrected chi connectivity index (χ0v) is 38.3. The topological polar surface area (TPSA) is 110 Å². The van der Waals surface area contributed by atoms with E-state index in [1.165, 1.54) is 153 Å². The summed E-state index contributed by atoms with van der Waals surface area (Å²) in [6, 6.07) is 3.63. The molecule has 0 fully saturated rings. The first-order chi connectivity index (χ1) is 26.3. The van der Waals surface area contributed by atoms with Crippen LogP contribution in [-0.4, -0.2) is 38.1 Å². The van der Waals surface area contributed by atoms with Crippen molar-refractivity contribution in [2.75, 3.05) is 13.2 Å². The number of rotatable bonds is 37. The van der Waals surface area contributed by atoms with Gasteiger partial charge in [0.2, 0.25) is 0 Å². The SMILES string of the molecule is CCCC/C=C/CCCCCCCCCCCCCOC(=O)c1cccc(S(=O)(=O)[O-])c1C(=O)OCCCCCCCCCCCCC/C=C/CCCC.[Na+]. The third-order valence-corrected chi connectivity index (χ3v) is 10.9. The second kappa shape index (κ2) is 38.1. The first-order valence-corrected chi connectivity index (χ1v) is 23.5. The van der Waals surface area contributed by atoms with Crippen molar-refractivity contribution in [3.8, 4) is 0 Å². The van der Waals surface area contributed by atoms with Gasteiger partial charge in [0.25, 0.3) is 0 Å². The van der Waals surface area contributed by atoms with Crippen molar-refractivity contribution < 1.29 is 61.6 Å². The van der Waals surface area contributed by atoms with Gasteiger partial charge in [0.1, 0.15) is 10.1 Å². The minimum absolute atomic E-state index is 0. The molecular formula is C46H77NaO7S. The number of hydrogen-bond acceptors (Lipinski definition) is 7. The van der Waals surface area contributed by atoms with Gasteiger partial charge in [0, 0.05) is 0 Å². The van der Waals surface area contributed by atoms with Gasteiger partial charge >= 0.3 is 41.5 Å². The van der Waals surface area contributed by atoms with E-state index >= 15 is 0 Å². The fourth-order valence-electron chi connectivity index (χ4n) is 6.63. The van der Waals surface area contributed by atoms with E-state index in [0.717, 1.165) is 44.6 Å².